The minimum atomic E-state index is -3.67. The molecule has 19 heavy (non-hydrogen) atoms. The maximum Gasteiger partial charge on any atom is 0.366 e. The molecule has 1 N–H and O–H groups in total. The average Bonchev–Trinajstić information content (AvgIpc) is 2.33. The van der Waals surface area contributed by atoms with Crippen LogP contribution in [0.1, 0.15) is 26.3 Å². The van der Waals surface area contributed by atoms with Crippen molar-refractivity contribution >= 4 is 19.2 Å². The standard InChI is InChI=1S/C13H18ClO4P/c1-12(2)8-17-19(16,18-9-12)13(3,15)10-6-4-5-7-11(10)14/h4-7,15H,8-9H2,1-3H3/t13-/m0/s1. The largest absolute Gasteiger partial charge is 0.373 e. The van der Waals surface area contributed by atoms with Crippen molar-refractivity contribution in [2.75, 3.05) is 13.2 Å². The van der Waals surface area contributed by atoms with Crippen molar-refractivity contribution in [1.29, 1.82) is 0 Å². The summed E-state index contributed by atoms with van der Waals surface area (Å²) >= 11 is 6.05. The van der Waals surface area contributed by atoms with E-state index in [9.17, 15) is 9.67 Å². The van der Waals surface area contributed by atoms with Gasteiger partial charge in [-0.3, -0.25) is 4.57 Å². The molecule has 1 aromatic carbocycles. The van der Waals surface area contributed by atoms with Crippen molar-refractivity contribution in [3.8, 4) is 0 Å². The third-order valence-corrected chi connectivity index (χ3v) is 5.74. The van der Waals surface area contributed by atoms with Crippen LogP contribution in [0, 0.1) is 5.41 Å². The van der Waals surface area contributed by atoms with E-state index >= 15 is 0 Å². The van der Waals surface area contributed by atoms with Crippen molar-refractivity contribution in [1.82, 2.24) is 0 Å². The van der Waals surface area contributed by atoms with Crippen LogP contribution in [-0.4, -0.2) is 18.3 Å². The highest BCUT2D eigenvalue weighted by atomic mass is 35.5. The summed E-state index contributed by atoms with van der Waals surface area (Å²) in [7, 11) is -3.67. The Labute approximate surface area is 118 Å². The van der Waals surface area contributed by atoms with Gasteiger partial charge in [-0.15, -0.1) is 0 Å². The Morgan fingerprint density at radius 1 is 1.32 bits per heavy atom. The van der Waals surface area contributed by atoms with Crippen molar-refractivity contribution in [3.05, 3.63) is 34.9 Å². The topological polar surface area (TPSA) is 55.8 Å². The molecule has 1 fully saturated rings. The van der Waals surface area contributed by atoms with Crippen molar-refractivity contribution < 1.29 is 18.7 Å². The van der Waals surface area contributed by atoms with Crippen LogP contribution in [0.4, 0.5) is 0 Å². The quantitative estimate of drug-likeness (QED) is 0.845. The molecule has 1 aromatic rings. The van der Waals surface area contributed by atoms with E-state index in [1.54, 1.807) is 24.3 Å². The van der Waals surface area contributed by atoms with Crippen molar-refractivity contribution in [3.63, 3.8) is 0 Å². The molecule has 1 aliphatic heterocycles. The summed E-state index contributed by atoms with van der Waals surface area (Å²) in [6, 6.07) is 6.71. The summed E-state index contributed by atoms with van der Waals surface area (Å²) in [5.74, 6) is 0. The Bertz CT molecular complexity index is 513. The van der Waals surface area contributed by atoms with E-state index in [2.05, 4.69) is 0 Å². The Balaban J connectivity index is 2.35. The predicted molar refractivity (Wildman–Crippen MR) is 74.3 cm³/mol. The van der Waals surface area contributed by atoms with Gasteiger partial charge >= 0.3 is 7.60 Å². The lowest BCUT2D eigenvalue weighted by Gasteiger charge is -2.40. The fourth-order valence-corrected chi connectivity index (χ4v) is 4.33. The second kappa shape index (κ2) is 4.87. The van der Waals surface area contributed by atoms with Crippen LogP contribution >= 0.6 is 19.2 Å². The molecule has 6 heteroatoms. The van der Waals surface area contributed by atoms with Crippen LogP contribution in [0.2, 0.25) is 5.02 Å². The van der Waals surface area contributed by atoms with Gasteiger partial charge in [0.15, 0.2) is 5.34 Å². The highest BCUT2D eigenvalue weighted by Gasteiger charge is 2.52. The van der Waals surface area contributed by atoms with Crippen molar-refractivity contribution in [2.24, 2.45) is 5.41 Å². The summed E-state index contributed by atoms with van der Waals surface area (Å²) in [4.78, 5) is 0. The number of benzene rings is 1. The molecule has 0 saturated carbocycles. The highest BCUT2D eigenvalue weighted by Crippen LogP contribution is 2.66. The molecule has 1 saturated heterocycles. The minimum Gasteiger partial charge on any atom is -0.373 e. The van der Waals surface area contributed by atoms with E-state index in [-0.39, 0.29) is 18.6 Å². The lowest BCUT2D eigenvalue weighted by atomic mass is 9.97. The zero-order valence-corrected chi connectivity index (χ0v) is 12.9. The summed E-state index contributed by atoms with van der Waals surface area (Å²) in [5, 5.41) is 9.19. The average molecular weight is 305 g/mol. The first kappa shape index (κ1) is 15.0. The molecule has 0 bridgehead atoms. The maximum atomic E-state index is 12.7. The highest BCUT2D eigenvalue weighted by molar-refractivity contribution is 7.55. The Morgan fingerprint density at radius 2 is 1.84 bits per heavy atom. The molecular weight excluding hydrogens is 287 g/mol. The summed E-state index contributed by atoms with van der Waals surface area (Å²) in [6.07, 6.45) is 0. The van der Waals surface area contributed by atoms with Gasteiger partial charge in [-0.1, -0.05) is 43.6 Å². The lowest BCUT2D eigenvalue weighted by molar-refractivity contribution is 0.000403. The van der Waals surface area contributed by atoms with Gasteiger partial charge in [-0.25, -0.2) is 0 Å². The molecule has 0 unspecified atom stereocenters. The number of aliphatic hydroxyl groups is 1. The van der Waals surface area contributed by atoms with Crippen LogP contribution in [-0.2, 0) is 19.0 Å². The van der Waals surface area contributed by atoms with E-state index < -0.39 is 12.9 Å². The first-order valence-electron chi connectivity index (χ1n) is 6.05. The van der Waals surface area contributed by atoms with E-state index in [4.69, 9.17) is 20.6 Å². The molecule has 1 aliphatic rings. The molecule has 1 atom stereocenters. The molecule has 2 rings (SSSR count). The zero-order valence-electron chi connectivity index (χ0n) is 11.2. The van der Waals surface area contributed by atoms with Gasteiger partial charge in [0.25, 0.3) is 0 Å². The first-order chi connectivity index (χ1) is 8.68. The molecule has 0 aromatic heterocycles. The predicted octanol–water partition coefficient (Wildman–Crippen LogP) is 3.77. The lowest BCUT2D eigenvalue weighted by Crippen LogP contribution is -2.35. The Morgan fingerprint density at radius 3 is 2.37 bits per heavy atom. The molecule has 106 valence electrons. The molecular formula is C13H18ClO4P. The van der Waals surface area contributed by atoms with E-state index in [1.807, 2.05) is 13.8 Å². The molecule has 4 nitrogen and oxygen atoms in total. The third kappa shape index (κ3) is 2.74. The van der Waals surface area contributed by atoms with Gasteiger partial charge in [0.2, 0.25) is 0 Å². The number of halogens is 1. The SMILES string of the molecule is CC1(C)COP(=O)([C@](C)(O)c2ccccc2Cl)OC1. The van der Waals surface area contributed by atoms with Crippen LogP contribution in [0.25, 0.3) is 0 Å². The van der Waals surface area contributed by atoms with Gasteiger partial charge in [-0.05, 0) is 13.0 Å². The zero-order chi connectivity index (χ0) is 14.3. The Hall–Kier alpha value is -0.380. The first-order valence-corrected chi connectivity index (χ1v) is 7.97. The molecule has 0 amide bonds. The second-order valence-electron chi connectivity index (χ2n) is 5.71. The fourth-order valence-electron chi connectivity index (χ4n) is 1.84. The van der Waals surface area contributed by atoms with E-state index in [0.29, 0.717) is 10.6 Å². The summed E-state index contributed by atoms with van der Waals surface area (Å²) < 4.78 is 23.5. The van der Waals surface area contributed by atoms with Gasteiger partial charge in [0.1, 0.15) is 0 Å². The van der Waals surface area contributed by atoms with Crippen LogP contribution in [0.5, 0.6) is 0 Å². The molecule has 0 spiro atoms. The number of hydrogen-bond acceptors (Lipinski definition) is 4. The van der Waals surface area contributed by atoms with Crippen molar-refractivity contribution in [2.45, 2.75) is 26.1 Å². The van der Waals surface area contributed by atoms with Crippen LogP contribution in [0.15, 0.2) is 24.3 Å². The smallest absolute Gasteiger partial charge is 0.366 e. The van der Waals surface area contributed by atoms with Crippen LogP contribution in [0.3, 0.4) is 0 Å². The summed E-state index contributed by atoms with van der Waals surface area (Å²) in [6.45, 7) is 5.84. The van der Waals surface area contributed by atoms with Gasteiger partial charge in [0, 0.05) is 16.0 Å². The molecule has 0 aliphatic carbocycles. The molecule has 1 heterocycles. The normalized spacial score (nSPS) is 24.7. The minimum absolute atomic E-state index is 0.218. The number of hydrogen-bond donors (Lipinski definition) is 1. The van der Waals surface area contributed by atoms with Gasteiger partial charge in [0.05, 0.1) is 13.2 Å². The van der Waals surface area contributed by atoms with E-state index in [1.165, 1.54) is 6.92 Å². The fraction of sp³-hybridized carbons (Fsp3) is 0.538. The second-order valence-corrected chi connectivity index (χ2v) is 8.50. The Kier molecular flexibility index (Phi) is 3.85. The molecule has 0 radical (unpaired) electrons. The van der Waals surface area contributed by atoms with E-state index in [0.717, 1.165) is 0 Å². The third-order valence-electron chi connectivity index (χ3n) is 3.17. The summed E-state index contributed by atoms with van der Waals surface area (Å²) in [5.41, 5.74) is 0.129. The van der Waals surface area contributed by atoms with Gasteiger partial charge < -0.3 is 14.2 Å². The number of rotatable bonds is 2. The van der Waals surface area contributed by atoms with Crippen LogP contribution < -0.4 is 0 Å². The van der Waals surface area contributed by atoms with Gasteiger partial charge in [-0.2, -0.15) is 0 Å². The maximum absolute atomic E-state index is 12.7. The monoisotopic (exact) mass is 304 g/mol.